The molecule has 0 aliphatic rings. The second-order valence-corrected chi connectivity index (χ2v) is 6.42. The van der Waals surface area contributed by atoms with Crippen LogP contribution in [0.5, 0.6) is 0 Å². The molecule has 6 heteroatoms. The highest BCUT2D eigenvalue weighted by Crippen LogP contribution is 2.30. The number of hydrogen-bond donors (Lipinski definition) is 0. The van der Waals surface area contributed by atoms with E-state index in [0.29, 0.717) is 6.04 Å². The number of alkyl halides is 1. The molecule has 2 heterocycles. The maximum Gasteiger partial charge on any atom is 0.158 e. The summed E-state index contributed by atoms with van der Waals surface area (Å²) in [7, 11) is 1.98. The Balaban J connectivity index is 2.69. The van der Waals surface area contributed by atoms with Gasteiger partial charge in [-0.15, -0.1) is 11.6 Å². The van der Waals surface area contributed by atoms with Crippen LogP contribution in [0.15, 0.2) is 0 Å². The topological polar surface area (TPSA) is 35.6 Å². The summed E-state index contributed by atoms with van der Waals surface area (Å²) < 4.78 is 4.18. The van der Waals surface area contributed by atoms with Crippen LogP contribution in [0, 0.1) is 0 Å². The first-order valence-corrected chi connectivity index (χ1v) is 8.40. The molecule has 19 heavy (non-hydrogen) atoms. The van der Waals surface area contributed by atoms with Crippen molar-refractivity contribution in [2.75, 3.05) is 12.0 Å². The van der Waals surface area contributed by atoms with Crippen LogP contribution in [-0.2, 0) is 13.5 Å². The maximum absolute atomic E-state index is 6.31. The van der Waals surface area contributed by atoms with Gasteiger partial charge in [-0.25, -0.2) is 4.98 Å². The second-order valence-electron chi connectivity index (χ2n) is 4.86. The number of thioether (sulfide) groups is 1. The molecule has 106 valence electrons. The lowest BCUT2D eigenvalue weighted by atomic mass is 10.3. The Kier molecular flexibility index (Phi) is 4.46. The number of imidazole rings is 1. The van der Waals surface area contributed by atoms with Gasteiger partial charge in [-0.1, -0.05) is 6.92 Å². The lowest BCUT2D eigenvalue weighted by molar-refractivity contribution is 0.572. The fraction of sp³-hybridized carbons (Fsp3) is 0.692. The molecular formula is C13H21ClN4S. The van der Waals surface area contributed by atoms with Crippen LogP contribution in [0.2, 0.25) is 0 Å². The summed E-state index contributed by atoms with van der Waals surface area (Å²) in [6.07, 6.45) is 3.01. The third-order valence-electron chi connectivity index (χ3n) is 3.30. The van der Waals surface area contributed by atoms with Gasteiger partial charge in [-0.2, -0.15) is 16.9 Å². The highest BCUT2D eigenvalue weighted by atomic mass is 35.5. The van der Waals surface area contributed by atoms with Crippen molar-refractivity contribution in [3.63, 3.8) is 0 Å². The molecule has 0 amide bonds. The molecule has 0 aliphatic heterocycles. The van der Waals surface area contributed by atoms with Crippen molar-refractivity contribution >= 4 is 34.5 Å². The van der Waals surface area contributed by atoms with Gasteiger partial charge >= 0.3 is 0 Å². The van der Waals surface area contributed by atoms with E-state index in [-0.39, 0.29) is 5.38 Å². The largest absolute Gasteiger partial charge is 0.308 e. The predicted molar refractivity (Wildman–Crippen MR) is 83.2 cm³/mol. The van der Waals surface area contributed by atoms with Crippen LogP contribution in [0.25, 0.3) is 11.2 Å². The summed E-state index contributed by atoms with van der Waals surface area (Å²) in [6, 6.07) is 0.358. The Morgan fingerprint density at radius 3 is 2.58 bits per heavy atom. The molecule has 0 saturated heterocycles. The minimum Gasteiger partial charge on any atom is -0.308 e. The lowest BCUT2D eigenvalue weighted by Gasteiger charge is -2.17. The molecule has 2 rings (SSSR count). The van der Waals surface area contributed by atoms with E-state index in [1.807, 2.05) is 30.4 Å². The summed E-state index contributed by atoms with van der Waals surface area (Å²) in [4.78, 5) is 4.75. The molecule has 2 atom stereocenters. The van der Waals surface area contributed by atoms with Crippen LogP contribution >= 0.6 is 23.4 Å². The van der Waals surface area contributed by atoms with Crippen molar-refractivity contribution in [2.45, 2.75) is 38.6 Å². The standard InChI is InChI=1S/C13H21ClN4S/c1-6-10-11-13(17(4)16-10)18(8(2)7-19-5)12(15-11)9(3)14/h8-9H,6-7H2,1-5H3. The molecule has 0 aromatic carbocycles. The third-order valence-corrected chi connectivity index (χ3v) is 4.31. The Morgan fingerprint density at radius 2 is 2.05 bits per heavy atom. The Hall–Kier alpha value is -0.680. The smallest absolute Gasteiger partial charge is 0.158 e. The molecule has 4 nitrogen and oxygen atoms in total. The Labute approximate surface area is 123 Å². The number of nitrogens with zero attached hydrogens (tertiary/aromatic N) is 4. The summed E-state index contributed by atoms with van der Waals surface area (Å²) in [5.41, 5.74) is 3.13. The van der Waals surface area contributed by atoms with E-state index in [2.05, 4.69) is 29.8 Å². The maximum atomic E-state index is 6.31. The van der Waals surface area contributed by atoms with Crippen molar-refractivity contribution in [3.05, 3.63) is 11.5 Å². The molecule has 0 fully saturated rings. The first-order chi connectivity index (χ1) is 9.01. The highest BCUT2D eigenvalue weighted by molar-refractivity contribution is 7.98. The van der Waals surface area contributed by atoms with Crippen LogP contribution in [0.1, 0.15) is 43.7 Å². The van der Waals surface area contributed by atoms with Gasteiger partial charge in [-0.3, -0.25) is 4.68 Å². The minimum absolute atomic E-state index is 0.0959. The zero-order chi connectivity index (χ0) is 14.2. The van der Waals surface area contributed by atoms with E-state index in [4.69, 9.17) is 16.6 Å². The van der Waals surface area contributed by atoms with Crippen LogP contribution in [-0.4, -0.2) is 31.3 Å². The molecule has 0 N–H and O–H groups in total. The number of rotatable bonds is 5. The SMILES string of the molecule is CCc1nn(C)c2c1nc(C(C)Cl)n2C(C)CSC. The summed E-state index contributed by atoms with van der Waals surface area (Å²) in [6.45, 7) is 6.29. The van der Waals surface area contributed by atoms with Crippen molar-refractivity contribution in [1.29, 1.82) is 0 Å². The third kappa shape index (κ3) is 2.50. The Morgan fingerprint density at radius 1 is 1.37 bits per heavy atom. The summed E-state index contributed by atoms with van der Waals surface area (Å²) in [5.74, 6) is 1.98. The fourth-order valence-electron chi connectivity index (χ4n) is 2.49. The van der Waals surface area contributed by atoms with E-state index < -0.39 is 0 Å². The van der Waals surface area contributed by atoms with E-state index >= 15 is 0 Å². The van der Waals surface area contributed by atoms with Crippen LogP contribution in [0.3, 0.4) is 0 Å². The average Bonchev–Trinajstić information content (AvgIpc) is 2.88. The van der Waals surface area contributed by atoms with E-state index in [9.17, 15) is 0 Å². The van der Waals surface area contributed by atoms with Crippen molar-refractivity contribution in [2.24, 2.45) is 7.05 Å². The van der Waals surface area contributed by atoms with Crippen LogP contribution < -0.4 is 0 Å². The van der Waals surface area contributed by atoms with Gasteiger partial charge in [-0.05, 0) is 26.5 Å². The normalized spacial score (nSPS) is 15.1. The van der Waals surface area contributed by atoms with Gasteiger partial charge in [0.1, 0.15) is 11.3 Å². The number of fused-ring (bicyclic) bond motifs is 1. The van der Waals surface area contributed by atoms with E-state index in [1.165, 1.54) is 0 Å². The van der Waals surface area contributed by atoms with E-state index in [0.717, 1.165) is 34.9 Å². The lowest BCUT2D eigenvalue weighted by Crippen LogP contribution is -2.14. The monoisotopic (exact) mass is 300 g/mol. The van der Waals surface area contributed by atoms with Crippen molar-refractivity contribution < 1.29 is 0 Å². The van der Waals surface area contributed by atoms with Gasteiger partial charge in [0.05, 0.1) is 11.1 Å². The molecule has 0 bridgehead atoms. The summed E-state index contributed by atoms with van der Waals surface area (Å²) in [5, 5.41) is 4.46. The first-order valence-electron chi connectivity index (χ1n) is 6.57. The zero-order valence-corrected chi connectivity index (χ0v) is 13.7. The number of hydrogen-bond acceptors (Lipinski definition) is 3. The predicted octanol–water partition coefficient (Wildman–Crippen LogP) is 3.56. The highest BCUT2D eigenvalue weighted by Gasteiger charge is 2.23. The van der Waals surface area contributed by atoms with Gasteiger partial charge in [0.15, 0.2) is 5.65 Å². The molecule has 0 radical (unpaired) electrons. The number of halogens is 1. The van der Waals surface area contributed by atoms with Crippen molar-refractivity contribution in [1.82, 2.24) is 19.3 Å². The molecule has 2 aromatic heterocycles. The Bertz CT molecular complexity index is 573. The molecule has 0 spiro atoms. The number of aryl methyl sites for hydroxylation is 2. The van der Waals surface area contributed by atoms with Gasteiger partial charge in [0, 0.05) is 18.8 Å². The molecule has 0 saturated carbocycles. The van der Waals surface area contributed by atoms with Crippen LogP contribution in [0.4, 0.5) is 0 Å². The quantitative estimate of drug-likeness (QED) is 0.792. The number of aromatic nitrogens is 4. The average molecular weight is 301 g/mol. The zero-order valence-electron chi connectivity index (χ0n) is 12.1. The van der Waals surface area contributed by atoms with Crippen molar-refractivity contribution in [3.8, 4) is 0 Å². The first kappa shape index (κ1) is 14.7. The van der Waals surface area contributed by atoms with Gasteiger partial charge in [0.25, 0.3) is 0 Å². The molecular weight excluding hydrogens is 280 g/mol. The summed E-state index contributed by atoms with van der Waals surface area (Å²) >= 11 is 8.14. The molecule has 0 aliphatic carbocycles. The van der Waals surface area contributed by atoms with Gasteiger partial charge in [0.2, 0.25) is 0 Å². The minimum atomic E-state index is -0.0959. The fourth-order valence-corrected chi connectivity index (χ4v) is 3.27. The van der Waals surface area contributed by atoms with E-state index in [1.54, 1.807) is 0 Å². The molecule has 2 unspecified atom stereocenters. The second kappa shape index (κ2) is 5.75. The van der Waals surface area contributed by atoms with Gasteiger partial charge < -0.3 is 4.57 Å². The molecule has 2 aromatic rings.